The van der Waals surface area contributed by atoms with E-state index in [1.54, 1.807) is 31.2 Å². The summed E-state index contributed by atoms with van der Waals surface area (Å²) < 4.78 is 4.97. The molecule has 6 heteroatoms. The monoisotopic (exact) mass is 285 g/mol. The Bertz CT molecular complexity index is 450. The van der Waals surface area contributed by atoms with Crippen LogP contribution >= 0.6 is 11.6 Å². The molecular weight excluding hydrogens is 270 g/mol. The van der Waals surface area contributed by atoms with Crippen molar-refractivity contribution in [2.24, 2.45) is 0 Å². The first-order valence-corrected chi connectivity index (χ1v) is 6.25. The summed E-state index contributed by atoms with van der Waals surface area (Å²) in [4.78, 5) is 22.5. The molecule has 0 aliphatic rings. The summed E-state index contributed by atoms with van der Waals surface area (Å²) in [6, 6.07) is 6.16. The molecule has 0 saturated carbocycles. The average Bonchev–Trinajstić information content (AvgIpc) is 2.35. The molecule has 1 aromatic rings. The van der Waals surface area contributed by atoms with Crippen molar-refractivity contribution in [3.8, 4) is 0 Å². The third kappa shape index (κ3) is 5.28. The first-order valence-electron chi connectivity index (χ1n) is 5.88. The molecule has 0 unspecified atom stereocenters. The summed E-state index contributed by atoms with van der Waals surface area (Å²) in [6.45, 7) is 2.09. The number of halogens is 1. The van der Waals surface area contributed by atoms with Gasteiger partial charge in [-0.15, -0.1) is 0 Å². The second-order valence-electron chi connectivity index (χ2n) is 3.88. The van der Waals surface area contributed by atoms with Gasteiger partial charge in [0.05, 0.1) is 12.5 Å². The molecule has 0 fully saturated rings. The molecule has 19 heavy (non-hydrogen) atoms. The molecule has 1 aromatic carbocycles. The number of carboxylic acid groups (broad SMARTS) is 1. The Labute approximate surface area is 116 Å². The van der Waals surface area contributed by atoms with Gasteiger partial charge in [0, 0.05) is 11.6 Å². The molecule has 1 amide bonds. The molecule has 1 atom stereocenters. The van der Waals surface area contributed by atoms with Gasteiger partial charge in [-0.1, -0.05) is 29.8 Å². The first-order chi connectivity index (χ1) is 9.04. The summed E-state index contributed by atoms with van der Waals surface area (Å²) in [5.74, 6) is -1.38. The summed E-state index contributed by atoms with van der Waals surface area (Å²) in [7, 11) is 0. The van der Waals surface area contributed by atoms with Crippen LogP contribution in [0.3, 0.4) is 0 Å². The van der Waals surface area contributed by atoms with Gasteiger partial charge in [-0.2, -0.15) is 0 Å². The third-order valence-electron chi connectivity index (χ3n) is 2.43. The zero-order valence-electron chi connectivity index (χ0n) is 10.6. The Morgan fingerprint density at radius 2 is 2.11 bits per heavy atom. The number of amides is 1. The zero-order valence-corrected chi connectivity index (χ0v) is 11.3. The van der Waals surface area contributed by atoms with E-state index in [1.807, 2.05) is 0 Å². The lowest BCUT2D eigenvalue weighted by Crippen LogP contribution is -2.33. The number of rotatable bonds is 7. The number of carbonyl (C=O) groups excluding carboxylic acids is 1. The van der Waals surface area contributed by atoms with E-state index in [9.17, 15) is 9.59 Å². The molecule has 0 radical (unpaired) electrons. The van der Waals surface area contributed by atoms with Crippen molar-refractivity contribution in [3.05, 3.63) is 34.9 Å². The summed E-state index contributed by atoms with van der Waals surface area (Å²) in [6.07, 6.45) is -0.235. The zero-order chi connectivity index (χ0) is 14.3. The second-order valence-corrected chi connectivity index (χ2v) is 4.28. The Balaban J connectivity index is 2.80. The number of carbonyl (C=O) groups is 2. The molecule has 0 heterocycles. The van der Waals surface area contributed by atoms with Gasteiger partial charge in [0.1, 0.15) is 6.61 Å². The number of nitrogens with one attached hydrogen (secondary N) is 1. The van der Waals surface area contributed by atoms with E-state index in [1.165, 1.54) is 0 Å². The molecule has 0 aromatic heterocycles. The number of carboxylic acids is 1. The Morgan fingerprint density at radius 1 is 1.42 bits per heavy atom. The van der Waals surface area contributed by atoms with Gasteiger partial charge < -0.3 is 15.2 Å². The van der Waals surface area contributed by atoms with Crippen LogP contribution in [-0.2, 0) is 14.3 Å². The fraction of sp³-hybridized carbons (Fsp3) is 0.385. The van der Waals surface area contributed by atoms with E-state index in [2.05, 4.69) is 5.32 Å². The number of hydrogen-bond acceptors (Lipinski definition) is 3. The lowest BCUT2D eigenvalue weighted by Gasteiger charge is -2.18. The van der Waals surface area contributed by atoms with Crippen LogP contribution in [0, 0.1) is 0 Å². The maximum Gasteiger partial charge on any atom is 0.305 e. The Kier molecular flexibility index (Phi) is 6.32. The van der Waals surface area contributed by atoms with Gasteiger partial charge >= 0.3 is 5.97 Å². The van der Waals surface area contributed by atoms with Crippen LogP contribution in [0.25, 0.3) is 0 Å². The summed E-state index contributed by atoms with van der Waals surface area (Å²) >= 11 is 6.01. The lowest BCUT2D eigenvalue weighted by molar-refractivity contribution is -0.138. The quantitative estimate of drug-likeness (QED) is 0.803. The van der Waals surface area contributed by atoms with E-state index >= 15 is 0 Å². The number of ether oxygens (including phenoxy) is 1. The molecule has 0 saturated heterocycles. The lowest BCUT2D eigenvalue weighted by atomic mass is 10.0. The van der Waals surface area contributed by atoms with Crippen LogP contribution in [0.15, 0.2) is 24.3 Å². The molecule has 0 bridgehead atoms. The van der Waals surface area contributed by atoms with E-state index in [-0.39, 0.29) is 18.9 Å². The van der Waals surface area contributed by atoms with Crippen molar-refractivity contribution in [2.45, 2.75) is 19.4 Å². The van der Waals surface area contributed by atoms with Crippen LogP contribution in [-0.4, -0.2) is 30.2 Å². The molecule has 0 aliphatic heterocycles. The van der Waals surface area contributed by atoms with E-state index in [0.717, 1.165) is 0 Å². The van der Waals surface area contributed by atoms with Gasteiger partial charge in [0.2, 0.25) is 5.91 Å². The third-order valence-corrected chi connectivity index (χ3v) is 2.78. The minimum Gasteiger partial charge on any atom is -0.481 e. The minimum absolute atomic E-state index is 0.100. The van der Waals surface area contributed by atoms with Crippen LogP contribution < -0.4 is 5.32 Å². The van der Waals surface area contributed by atoms with E-state index < -0.39 is 12.0 Å². The topological polar surface area (TPSA) is 75.6 Å². The standard InChI is InChI=1S/C13H16ClNO4/c1-2-19-8-12(16)15-11(7-13(17)18)9-5-3-4-6-10(9)14/h3-6,11H,2,7-8H2,1H3,(H,15,16)(H,17,18)/t11-/m0/s1. The predicted octanol–water partition coefficient (Wildman–Crippen LogP) is 2.01. The van der Waals surface area contributed by atoms with Crippen LogP contribution in [0.4, 0.5) is 0 Å². The highest BCUT2D eigenvalue weighted by molar-refractivity contribution is 6.31. The molecule has 104 valence electrons. The van der Waals surface area contributed by atoms with Crippen molar-refractivity contribution in [2.75, 3.05) is 13.2 Å². The fourth-order valence-corrected chi connectivity index (χ4v) is 1.87. The molecule has 2 N–H and O–H groups in total. The smallest absolute Gasteiger partial charge is 0.305 e. The van der Waals surface area contributed by atoms with Gasteiger partial charge in [0.25, 0.3) is 0 Å². The van der Waals surface area contributed by atoms with Crippen LogP contribution in [0.5, 0.6) is 0 Å². The summed E-state index contributed by atoms with van der Waals surface area (Å²) in [5.41, 5.74) is 0.580. The van der Waals surface area contributed by atoms with Gasteiger partial charge in [0.15, 0.2) is 0 Å². The molecule has 0 spiro atoms. The van der Waals surface area contributed by atoms with Gasteiger partial charge in [-0.05, 0) is 18.6 Å². The number of aliphatic carboxylic acids is 1. The molecule has 5 nitrogen and oxygen atoms in total. The minimum atomic E-state index is -1.01. The summed E-state index contributed by atoms with van der Waals surface area (Å²) in [5, 5.41) is 11.9. The predicted molar refractivity (Wildman–Crippen MR) is 71.1 cm³/mol. The largest absolute Gasteiger partial charge is 0.481 e. The fourth-order valence-electron chi connectivity index (χ4n) is 1.60. The maximum atomic E-state index is 11.6. The van der Waals surface area contributed by atoms with Gasteiger partial charge in [-0.25, -0.2) is 0 Å². The van der Waals surface area contributed by atoms with Crippen molar-refractivity contribution in [1.82, 2.24) is 5.32 Å². The number of benzene rings is 1. The van der Waals surface area contributed by atoms with Crippen LogP contribution in [0.2, 0.25) is 5.02 Å². The SMILES string of the molecule is CCOCC(=O)N[C@@H](CC(=O)O)c1ccccc1Cl. The molecular formula is C13H16ClNO4. The second kappa shape index (κ2) is 7.76. The first kappa shape index (κ1) is 15.5. The van der Waals surface area contributed by atoms with Gasteiger partial charge in [-0.3, -0.25) is 9.59 Å². The van der Waals surface area contributed by atoms with E-state index in [4.69, 9.17) is 21.4 Å². The molecule has 0 aliphatic carbocycles. The van der Waals surface area contributed by atoms with Crippen molar-refractivity contribution in [1.29, 1.82) is 0 Å². The Morgan fingerprint density at radius 3 is 2.68 bits per heavy atom. The highest BCUT2D eigenvalue weighted by Crippen LogP contribution is 2.24. The highest BCUT2D eigenvalue weighted by Gasteiger charge is 2.20. The highest BCUT2D eigenvalue weighted by atomic mass is 35.5. The van der Waals surface area contributed by atoms with Crippen molar-refractivity contribution in [3.63, 3.8) is 0 Å². The average molecular weight is 286 g/mol. The van der Waals surface area contributed by atoms with Crippen molar-refractivity contribution < 1.29 is 19.4 Å². The normalized spacial score (nSPS) is 11.9. The van der Waals surface area contributed by atoms with E-state index in [0.29, 0.717) is 17.2 Å². The Hall–Kier alpha value is -1.59. The maximum absolute atomic E-state index is 11.6. The van der Waals surface area contributed by atoms with Crippen LogP contribution in [0.1, 0.15) is 24.9 Å². The number of hydrogen-bond donors (Lipinski definition) is 2. The van der Waals surface area contributed by atoms with Crippen molar-refractivity contribution >= 4 is 23.5 Å². The molecule has 1 rings (SSSR count).